The highest BCUT2D eigenvalue weighted by atomic mass is 16.6. The SMILES string of the molecule is CCCCOC(=O)c1cc(C(=O)OCCCC)cc(-c2c3nc(c(-c4cc(C(=O)OCCCC)cc(C(=O)OCCCC)c4)c4ccc([nH]4)c(-c4cc(C(=O)OCCCC)cc(C(=O)OCCCC)c4)c4nc(c(-c5cc(C(=O)OCCCC)cc(C(=O)OCCCC)c5)c5ccc2[nH]5)C=C4)C=C3)c1. The van der Waals surface area contributed by atoms with Crippen molar-refractivity contribution in [2.24, 2.45) is 0 Å². The minimum atomic E-state index is -0.681. The van der Waals surface area contributed by atoms with Crippen molar-refractivity contribution >= 4 is 94.1 Å². The van der Waals surface area contributed by atoms with Crippen molar-refractivity contribution in [3.05, 3.63) is 164 Å². The number of rotatable bonds is 36. The van der Waals surface area contributed by atoms with Crippen LogP contribution in [0.5, 0.6) is 0 Å². The molecule has 0 radical (unpaired) electrons. The zero-order valence-corrected chi connectivity index (χ0v) is 60.9. The van der Waals surface area contributed by atoms with E-state index in [1.165, 1.54) is 24.3 Å². The summed E-state index contributed by atoms with van der Waals surface area (Å²) in [5, 5.41) is 0. The minimum Gasteiger partial charge on any atom is -0.462 e. The van der Waals surface area contributed by atoms with Crippen molar-refractivity contribution in [1.82, 2.24) is 19.9 Å². The molecule has 9 rings (SSSR count). The van der Waals surface area contributed by atoms with Crippen LogP contribution in [0.4, 0.5) is 0 Å². The van der Waals surface area contributed by atoms with Crippen molar-refractivity contribution in [2.75, 3.05) is 52.9 Å². The quantitative estimate of drug-likeness (QED) is 0.0210. The summed E-state index contributed by atoms with van der Waals surface area (Å²) in [7, 11) is 0. The number of benzene rings is 4. The molecule has 2 N–H and O–H groups in total. The molecule has 0 spiro atoms. The molecule has 3 aromatic heterocycles. The second-order valence-electron chi connectivity index (χ2n) is 25.6. The van der Waals surface area contributed by atoms with Crippen molar-refractivity contribution in [3.63, 3.8) is 0 Å². The molecule has 0 fully saturated rings. The molecule has 0 atom stereocenters. The van der Waals surface area contributed by atoms with Gasteiger partial charge in [0.25, 0.3) is 0 Å². The Balaban J connectivity index is 1.49. The first-order valence-corrected chi connectivity index (χ1v) is 36.7. The van der Waals surface area contributed by atoms with Crippen molar-refractivity contribution in [2.45, 2.75) is 158 Å². The number of aromatic nitrogens is 4. The van der Waals surface area contributed by atoms with Crippen LogP contribution in [0.25, 0.3) is 90.9 Å². The van der Waals surface area contributed by atoms with E-state index in [-0.39, 0.29) is 97.4 Å². The minimum absolute atomic E-state index is 0.0552. The van der Waals surface area contributed by atoms with Crippen LogP contribution in [-0.4, -0.2) is 121 Å². The lowest BCUT2D eigenvalue weighted by atomic mass is 9.98. The van der Waals surface area contributed by atoms with Gasteiger partial charge in [-0.3, -0.25) is 0 Å². The van der Waals surface area contributed by atoms with Crippen molar-refractivity contribution in [3.8, 4) is 44.5 Å². The third-order valence-corrected chi connectivity index (χ3v) is 17.4. The lowest BCUT2D eigenvalue weighted by Gasteiger charge is -2.13. The van der Waals surface area contributed by atoms with E-state index in [4.69, 9.17) is 47.9 Å². The molecule has 2 aliphatic heterocycles. The Kier molecular flexibility index (Phi) is 28.6. The van der Waals surface area contributed by atoms with E-state index in [2.05, 4.69) is 9.97 Å². The number of aromatic amines is 2. The van der Waals surface area contributed by atoms with Gasteiger partial charge in [0.05, 0.1) is 120 Å². The van der Waals surface area contributed by atoms with Crippen LogP contribution in [0.15, 0.2) is 97.1 Å². The van der Waals surface area contributed by atoms with Gasteiger partial charge in [0.1, 0.15) is 0 Å². The topological polar surface area (TPSA) is 268 Å². The van der Waals surface area contributed by atoms with Crippen LogP contribution in [-0.2, 0) is 37.9 Å². The van der Waals surface area contributed by atoms with E-state index in [1.54, 1.807) is 97.1 Å². The van der Waals surface area contributed by atoms with Gasteiger partial charge in [-0.05, 0) is 195 Å². The molecule has 0 unspecified atom stereocenters. The number of hydrogen-bond acceptors (Lipinski definition) is 18. The predicted octanol–water partition coefficient (Wildman–Crippen LogP) is 19.0. The molecule has 546 valence electrons. The fourth-order valence-electron chi connectivity index (χ4n) is 11.6. The number of ether oxygens (including phenoxy) is 8. The van der Waals surface area contributed by atoms with Crippen LogP contribution >= 0.6 is 0 Å². The Bertz CT molecular complexity index is 3820. The predicted molar refractivity (Wildman–Crippen MR) is 402 cm³/mol. The summed E-state index contributed by atoms with van der Waals surface area (Å²) >= 11 is 0. The zero-order chi connectivity index (χ0) is 74.1. The smallest absolute Gasteiger partial charge is 0.338 e. The lowest BCUT2D eigenvalue weighted by molar-refractivity contribution is 0.0480. The molecule has 0 saturated heterocycles. The molecule has 2 aliphatic rings. The summed E-state index contributed by atoms with van der Waals surface area (Å²) in [4.78, 5) is 133. The number of nitrogens with one attached hydrogen (secondary N) is 2. The molecule has 0 amide bonds. The maximum atomic E-state index is 14.3. The Hall–Kier alpha value is -10.8. The number of hydrogen-bond donors (Lipinski definition) is 2. The second kappa shape index (κ2) is 38.5. The Morgan fingerprint density at radius 1 is 0.250 bits per heavy atom. The van der Waals surface area contributed by atoms with E-state index < -0.39 is 47.8 Å². The standard InChI is InChI=1S/C84H94N4O16/c1-9-17-33-97-77(89)57-41-53(42-58(49-57)78(90)98-34-18-10-2)73-65-25-27-67(85-65)74(54-43-59(79(91)99-35-19-11-3)50-60(44-54)80(92)100-36-20-12-4)69-29-31-71(87-69)76(56-47-63(83(95)103-39-23-15-7)52-64(48-56)84(96)104-40-24-16-8)72-32-30-70(88-72)75(68-28-26-66(73)86-68)55-45-61(81(93)101-37-21-13-5)51-62(46-55)82(94)102-38-22-14-6/h25-32,41-52,85,88H,9-24,33-40H2,1-8H3. The monoisotopic (exact) mass is 1410 g/mol. The largest absolute Gasteiger partial charge is 0.462 e. The third kappa shape index (κ3) is 19.9. The molecule has 20 heteroatoms. The van der Waals surface area contributed by atoms with Gasteiger partial charge >= 0.3 is 47.8 Å². The van der Waals surface area contributed by atoms with Crippen molar-refractivity contribution < 1.29 is 76.3 Å². The molecule has 5 heterocycles. The number of esters is 8. The molecule has 0 saturated carbocycles. The van der Waals surface area contributed by atoms with Crippen LogP contribution in [0.3, 0.4) is 0 Å². The molecule has 104 heavy (non-hydrogen) atoms. The summed E-state index contributed by atoms with van der Waals surface area (Å²) in [6.07, 6.45) is 17.8. The highest BCUT2D eigenvalue weighted by Crippen LogP contribution is 2.41. The molecule has 7 aromatic rings. The number of unbranched alkanes of at least 4 members (excludes halogenated alkanes) is 8. The summed E-state index contributed by atoms with van der Waals surface area (Å²) < 4.78 is 46.5. The Labute approximate surface area is 607 Å². The average molecular weight is 1420 g/mol. The summed E-state index contributed by atoms with van der Waals surface area (Å²) in [6, 6.07) is 26.0. The fourth-order valence-corrected chi connectivity index (χ4v) is 11.6. The number of nitrogens with zero attached hydrogens (tertiary/aromatic N) is 2. The van der Waals surface area contributed by atoms with Gasteiger partial charge in [0.2, 0.25) is 0 Å². The maximum absolute atomic E-state index is 14.3. The fraction of sp³-hybridized carbons (Fsp3) is 0.381. The van der Waals surface area contributed by atoms with Crippen molar-refractivity contribution in [1.29, 1.82) is 0 Å². The van der Waals surface area contributed by atoms with Crippen LogP contribution in [0.1, 0.15) is 264 Å². The molecule has 0 aliphatic carbocycles. The van der Waals surface area contributed by atoms with Crippen LogP contribution in [0.2, 0.25) is 0 Å². The summed E-state index contributed by atoms with van der Waals surface area (Å²) in [5.41, 5.74) is 6.06. The molecular weight excluding hydrogens is 1320 g/mol. The first kappa shape index (κ1) is 77.4. The first-order chi connectivity index (χ1) is 50.5. The highest BCUT2D eigenvalue weighted by molar-refractivity contribution is 6.07. The van der Waals surface area contributed by atoms with Gasteiger partial charge in [-0.2, -0.15) is 0 Å². The van der Waals surface area contributed by atoms with Crippen LogP contribution in [0, 0.1) is 0 Å². The van der Waals surface area contributed by atoms with E-state index in [0.717, 1.165) is 51.4 Å². The van der Waals surface area contributed by atoms with E-state index in [0.29, 0.717) is 141 Å². The second-order valence-corrected chi connectivity index (χ2v) is 25.6. The van der Waals surface area contributed by atoms with Gasteiger partial charge in [-0.1, -0.05) is 107 Å². The molecule has 20 nitrogen and oxygen atoms in total. The highest BCUT2D eigenvalue weighted by Gasteiger charge is 2.27. The Morgan fingerprint density at radius 2 is 0.404 bits per heavy atom. The van der Waals surface area contributed by atoms with Crippen LogP contribution < -0.4 is 0 Å². The first-order valence-electron chi connectivity index (χ1n) is 36.7. The molecule has 4 aromatic carbocycles. The van der Waals surface area contributed by atoms with E-state index in [1.807, 2.05) is 55.4 Å². The Morgan fingerprint density at radius 3 is 0.548 bits per heavy atom. The maximum Gasteiger partial charge on any atom is 0.338 e. The molecule has 8 bridgehead atoms. The zero-order valence-electron chi connectivity index (χ0n) is 60.9. The van der Waals surface area contributed by atoms with Gasteiger partial charge in [0, 0.05) is 44.3 Å². The summed E-state index contributed by atoms with van der Waals surface area (Å²) in [6.45, 7) is 16.8. The van der Waals surface area contributed by atoms with Gasteiger partial charge in [0.15, 0.2) is 0 Å². The van der Waals surface area contributed by atoms with Gasteiger partial charge < -0.3 is 47.9 Å². The normalized spacial score (nSPS) is 11.5. The summed E-state index contributed by atoms with van der Waals surface area (Å²) in [5.74, 6) is -5.45. The van der Waals surface area contributed by atoms with Gasteiger partial charge in [-0.15, -0.1) is 0 Å². The average Bonchev–Trinajstić information content (AvgIpc) is 1.55. The van der Waals surface area contributed by atoms with E-state index >= 15 is 0 Å². The third-order valence-electron chi connectivity index (χ3n) is 17.4. The lowest BCUT2D eigenvalue weighted by Crippen LogP contribution is -2.11. The van der Waals surface area contributed by atoms with Gasteiger partial charge in [-0.25, -0.2) is 48.3 Å². The number of carbonyl (C=O) groups excluding carboxylic acids is 8. The molecular formula is C84H94N4O16. The number of carbonyl (C=O) groups is 8. The number of fused-ring (bicyclic) bond motifs is 8. The number of H-pyrrole nitrogens is 2. The van der Waals surface area contributed by atoms with E-state index in [9.17, 15) is 38.4 Å².